The molecule has 0 atom stereocenters. The van der Waals surface area contributed by atoms with Gasteiger partial charge in [0, 0.05) is 42.4 Å². The molecule has 4 N–H and O–H groups in total. The zero-order valence-electron chi connectivity index (χ0n) is 15.9. The SMILES string of the molecule is CC1(N)CCN(Cc2c[nH]c3ncnc(Nc4ccc5occc5c4)c23)CC1. The summed E-state index contributed by atoms with van der Waals surface area (Å²) < 4.78 is 5.43. The van der Waals surface area contributed by atoms with Crippen molar-refractivity contribution in [3.05, 3.63) is 48.6 Å². The van der Waals surface area contributed by atoms with E-state index in [1.54, 1.807) is 12.6 Å². The number of hydrogen-bond donors (Lipinski definition) is 3. The molecule has 1 aliphatic rings. The minimum absolute atomic E-state index is 0.0434. The largest absolute Gasteiger partial charge is 0.464 e. The Labute approximate surface area is 162 Å². The zero-order valence-corrected chi connectivity index (χ0v) is 15.9. The van der Waals surface area contributed by atoms with Gasteiger partial charge in [0.05, 0.1) is 11.6 Å². The number of likely N-dealkylation sites (tertiary alicyclic amines) is 1. The zero-order chi connectivity index (χ0) is 19.1. The topological polar surface area (TPSA) is 96.0 Å². The molecule has 0 saturated carbocycles. The van der Waals surface area contributed by atoms with E-state index in [1.807, 2.05) is 24.4 Å². The number of nitrogens with one attached hydrogen (secondary N) is 2. The molecule has 1 aliphatic heterocycles. The molecule has 3 aromatic heterocycles. The van der Waals surface area contributed by atoms with Crippen molar-refractivity contribution < 1.29 is 4.42 Å². The van der Waals surface area contributed by atoms with E-state index in [1.165, 1.54) is 5.56 Å². The molecule has 0 unspecified atom stereocenters. The number of benzene rings is 1. The van der Waals surface area contributed by atoms with Crippen LogP contribution in [0.3, 0.4) is 0 Å². The number of fused-ring (bicyclic) bond motifs is 2. The van der Waals surface area contributed by atoms with Gasteiger partial charge in [0.2, 0.25) is 0 Å². The van der Waals surface area contributed by atoms with Crippen molar-refractivity contribution in [1.82, 2.24) is 19.9 Å². The Balaban J connectivity index is 1.43. The van der Waals surface area contributed by atoms with Gasteiger partial charge in [-0.25, -0.2) is 9.97 Å². The first kappa shape index (κ1) is 17.2. The van der Waals surface area contributed by atoms with Crippen molar-refractivity contribution in [1.29, 1.82) is 0 Å². The summed E-state index contributed by atoms with van der Waals surface area (Å²) in [6.45, 7) is 5.02. The van der Waals surface area contributed by atoms with E-state index in [0.717, 1.165) is 66.0 Å². The van der Waals surface area contributed by atoms with Gasteiger partial charge in [0.15, 0.2) is 0 Å². The predicted octanol–water partition coefficient (Wildman–Crippen LogP) is 3.76. The summed E-state index contributed by atoms with van der Waals surface area (Å²) in [5.41, 5.74) is 10.1. The van der Waals surface area contributed by atoms with Crippen LogP contribution >= 0.6 is 0 Å². The molecule has 7 nitrogen and oxygen atoms in total. The number of aromatic nitrogens is 3. The molecule has 4 aromatic rings. The molecular weight excluding hydrogens is 352 g/mol. The second kappa shape index (κ2) is 6.61. The number of H-pyrrole nitrogens is 1. The van der Waals surface area contributed by atoms with E-state index >= 15 is 0 Å². The van der Waals surface area contributed by atoms with Crippen molar-refractivity contribution in [2.24, 2.45) is 5.73 Å². The van der Waals surface area contributed by atoms with Gasteiger partial charge in [-0.1, -0.05) is 0 Å². The quantitative estimate of drug-likeness (QED) is 0.502. The highest BCUT2D eigenvalue weighted by atomic mass is 16.3. The second-order valence-electron chi connectivity index (χ2n) is 7.99. The van der Waals surface area contributed by atoms with Crippen LogP contribution in [0.25, 0.3) is 22.0 Å². The molecule has 0 bridgehead atoms. The lowest BCUT2D eigenvalue weighted by Gasteiger charge is -2.36. The summed E-state index contributed by atoms with van der Waals surface area (Å²) >= 11 is 0. The molecule has 0 radical (unpaired) electrons. The van der Waals surface area contributed by atoms with Crippen LogP contribution in [0.15, 0.2) is 47.5 Å². The Morgan fingerprint density at radius 2 is 2.11 bits per heavy atom. The molecule has 5 rings (SSSR count). The molecule has 1 aromatic carbocycles. The highest BCUT2D eigenvalue weighted by molar-refractivity contribution is 5.93. The van der Waals surface area contributed by atoms with Crippen LogP contribution < -0.4 is 11.1 Å². The van der Waals surface area contributed by atoms with Gasteiger partial charge in [-0.05, 0) is 49.6 Å². The minimum Gasteiger partial charge on any atom is -0.464 e. The Kier molecular flexibility index (Phi) is 4.07. The third kappa shape index (κ3) is 3.23. The van der Waals surface area contributed by atoms with Gasteiger partial charge in [0.25, 0.3) is 0 Å². The number of furan rings is 1. The fraction of sp³-hybridized carbons (Fsp3) is 0.333. The third-order valence-corrected chi connectivity index (χ3v) is 5.66. The van der Waals surface area contributed by atoms with Crippen molar-refractivity contribution >= 4 is 33.5 Å². The monoisotopic (exact) mass is 376 g/mol. The summed E-state index contributed by atoms with van der Waals surface area (Å²) in [6.07, 6.45) is 7.36. The third-order valence-electron chi connectivity index (χ3n) is 5.66. The van der Waals surface area contributed by atoms with E-state index in [0.29, 0.717) is 0 Å². The van der Waals surface area contributed by atoms with E-state index < -0.39 is 0 Å². The Hall–Kier alpha value is -2.90. The van der Waals surface area contributed by atoms with E-state index in [9.17, 15) is 0 Å². The number of rotatable bonds is 4. The van der Waals surface area contributed by atoms with Gasteiger partial charge in [-0.15, -0.1) is 0 Å². The summed E-state index contributed by atoms with van der Waals surface area (Å²) in [7, 11) is 0. The maximum absolute atomic E-state index is 6.28. The van der Waals surface area contributed by atoms with E-state index in [4.69, 9.17) is 10.2 Å². The first-order valence-electron chi connectivity index (χ1n) is 9.64. The number of nitrogens with two attached hydrogens (primary N) is 1. The van der Waals surface area contributed by atoms with Crippen molar-refractivity contribution in [3.63, 3.8) is 0 Å². The molecule has 1 saturated heterocycles. The Morgan fingerprint density at radius 1 is 1.25 bits per heavy atom. The predicted molar refractivity (Wildman–Crippen MR) is 110 cm³/mol. The minimum atomic E-state index is -0.0434. The van der Waals surface area contributed by atoms with Crippen LogP contribution in [0.1, 0.15) is 25.3 Å². The maximum atomic E-state index is 6.28. The van der Waals surface area contributed by atoms with E-state index in [-0.39, 0.29) is 5.54 Å². The summed E-state index contributed by atoms with van der Waals surface area (Å²) in [4.78, 5) is 14.7. The average molecular weight is 376 g/mol. The fourth-order valence-electron chi connectivity index (χ4n) is 3.89. The Morgan fingerprint density at radius 3 is 2.96 bits per heavy atom. The maximum Gasteiger partial charge on any atom is 0.143 e. The van der Waals surface area contributed by atoms with Gasteiger partial charge in [0.1, 0.15) is 23.4 Å². The van der Waals surface area contributed by atoms with Crippen LogP contribution in [0.4, 0.5) is 11.5 Å². The Bertz CT molecular complexity index is 1120. The summed E-state index contributed by atoms with van der Waals surface area (Å²) in [5.74, 6) is 0.810. The second-order valence-corrected chi connectivity index (χ2v) is 7.99. The highest BCUT2D eigenvalue weighted by Gasteiger charge is 2.26. The first-order chi connectivity index (χ1) is 13.6. The molecular formula is C21H24N6O. The van der Waals surface area contributed by atoms with Crippen LogP contribution in [0, 0.1) is 0 Å². The molecule has 28 heavy (non-hydrogen) atoms. The van der Waals surface area contributed by atoms with Gasteiger partial charge in [-0.2, -0.15) is 0 Å². The summed E-state index contributed by atoms with van der Waals surface area (Å²) in [5, 5.41) is 5.55. The van der Waals surface area contributed by atoms with Crippen molar-refractivity contribution in [2.75, 3.05) is 18.4 Å². The van der Waals surface area contributed by atoms with E-state index in [2.05, 4.69) is 38.2 Å². The number of nitrogens with zero attached hydrogens (tertiary/aromatic N) is 3. The van der Waals surface area contributed by atoms with Gasteiger partial charge >= 0.3 is 0 Å². The molecule has 0 aliphatic carbocycles. The number of piperidine rings is 1. The van der Waals surface area contributed by atoms with Crippen molar-refractivity contribution in [3.8, 4) is 0 Å². The molecule has 4 heterocycles. The van der Waals surface area contributed by atoms with Gasteiger partial charge in [-0.3, -0.25) is 4.90 Å². The molecule has 144 valence electrons. The lowest BCUT2D eigenvalue weighted by atomic mass is 9.91. The number of hydrogen-bond acceptors (Lipinski definition) is 6. The number of aromatic amines is 1. The van der Waals surface area contributed by atoms with Crippen LogP contribution in [-0.4, -0.2) is 38.5 Å². The lowest BCUT2D eigenvalue weighted by molar-refractivity contribution is 0.165. The van der Waals surface area contributed by atoms with Crippen molar-refractivity contribution in [2.45, 2.75) is 31.8 Å². The average Bonchev–Trinajstić information content (AvgIpc) is 3.31. The normalized spacial score (nSPS) is 17.4. The van der Waals surface area contributed by atoms with Crippen LogP contribution in [0.2, 0.25) is 0 Å². The highest BCUT2D eigenvalue weighted by Crippen LogP contribution is 2.29. The number of anilines is 2. The van der Waals surface area contributed by atoms with Gasteiger partial charge < -0.3 is 20.5 Å². The van der Waals surface area contributed by atoms with Crippen LogP contribution in [-0.2, 0) is 6.54 Å². The molecule has 0 amide bonds. The molecule has 1 fully saturated rings. The lowest BCUT2D eigenvalue weighted by Crippen LogP contribution is -2.47. The molecule has 7 heteroatoms. The standard InChI is InChI=1S/C21H24N6O/c1-21(22)5-7-27(8-6-21)12-15-11-23-19-18(15)20(25-13-24-19)26-16-2-3-17-14(10-16)4-9-28-17/h2-4,9-11,13H,5-8,12,22H2,1H3,(H2,23,24,25,26). The summed E-state index contributed by atoms with van der Waals surface area (Å²) in [6, 6.07) is 7.98. The first-order valence-corrected chi connectivity index (χ1v) is 9.64. The molecule has 0 spiro atoms. The smallest absolute Gasteiger partial charge is 0.143 e. The fourth-order valence-corrected chi connectivity index (χ4v) is 3.89. The van der Waals surface area contributed by atoms with Crippen LogP contribution in [0.5, 0.6) is 0 Å².